The van der Waals surface area contributed by atoms with Crippen LogP contribution in [0.4, 0.5) is 4.79 Å². The molecular weight excluding hydrogens is 395 g/mol. The number of nitrogens with zero attached hydrogens (tertiary/aromatic N) is 2. The number of hydrogen-bond donors (Lipinski definition) is 2. The van der Waals surface area contributed by atoms with Gasteiger partial charge in [-0.2, -0.15) is 0 Å². The van der Waals surface area contributed by atoms with Gasteiger partial charge in [-0.15, -0.1) is 24.0 Å². The van der Waals surface area contributed by atoms with Crippen LogP contribution in [0.3, 0.4) is 0 Å². The van der Waals surface area contributed by atoms with E-state index in [0.717, 1.165) is 31.9 Å². The van der Waals surface area contributed by atoms with Crippen molar-refractivity contribution in [3.05, 3.63) is 0 Å². The van der Waals surface area contributed by atoms with Gasteiger partial charge >= 0.3 is 6.09 Å². The summed E-state index contributed by atoms with van der Waals surface area (Å²) in [6.45, 7) is 10.1. The Kier molecular flexibility index (Phi) is 13.7. The first-order valence-electron chi connectivity index (χ1n) is 7.68. The number of rotatable bonds is 7. The predicted molar refractivity (Wildman–Crippen MR) is 103 cm³/mol. The molecule has 0 atom stereocenters. The largest absolute Gasteiger partial charge is 0.444 e. The van der Waals surface area contributed by atoms with Crippen molar-refractivity contribution >= 4 is 36.0 Å². The molecule has 0 aliphatic rings. The fourth-order valence-electron chi connectivity index (χ4n) is 1.68. The van der Waals surface area contributed by atoms with Crippen LogP contribution in [-0.2, 0) is 4.74 Å². The molecule has 0 aromatic rings. The van der Waals surface area contributed by atoms with Crippen LogP contribution in [0.15, 0.2) is 4.99 Å². The van der Waals surface area contributed by atoms with Crippen LogP contribution in [0.5, 0.6) is 0 Å². The van der Waals surface area contributed by atoms with E-state index >= 15 is 0 Å². The maximum atomic E-state index is 11.5. The Hall–Kier alpha value is -0.730. The molecule has 0 spiro atoms. The van der Waals surface area contributed by atoms with Crippen molar-refractivity contribution in [1.82, 2.24) is 15.5 Å². The van der Waals surface area contributed by atoms with Crippen molar-refractivity contribution in [3.63, 3.8) is 0 Å². The Balaban J connectivity index is 0. The van der Waals surface area contributed by atoms with Gasteiger partial charge in [0.2, 0.25) is 0 Å². The molecule has 0 fully saturated rings. The average Bonchev–Trinajstić information content (AvgIpc) is 2.38. The van der Waals surface area contributed by atoms with Gasteiger partial charge in [-0.3, -0.25) is 4.99 Å². The van der Waals surface area contributed by atoms with Crippen LogP contribution in [0.1, 0.15) is 47.0 Å². The lowest BCUT2D eigenvalue weighted by Gasteiger charge is -2.22. The number of guanidine groups is 1. The highest BCUT2D eigenvalue weighted by Crippen LogP contribution is 2.06. The molecule has 0 aromatic heterocycles. The summed E-state index contributed by atoms with van der Waals surface area (Å²) in [5.41, 5.74) is -0.452. The van der Waals surface area contributed by atoms with E-state index in [9.17, 15) is 4.79 Å². The lowest BCUT2D eigenvalue weighted by Crippen LogP contribution is -2.40. The summed E-state index contributed by atoms with van der Waals surface area (Å²) >= 11 is 0. The van der Waals surface area contributed by atoms with Gasteiger partial charge in [0, 0.05) is 33.7 Å². The molecule has 0 saturated carbocycles. The second kappa shape index (κ2) is 12.8. The third kappa shape index (κ3) is 13.0. The van der Waals surface area contributed by atoms with Crippen LogP contribution >= 0.6 is 24.0 Å². The van der Waals surface area contributed by atoms with Crippen molar-refractivity contribution in [2.45, 2.75) is 52.6 Å². The molecule has 0 saturated heterocycles. The molecular formula is C15H33IN4O2. The standard InChI is InChI=1S/C15H32N4O2.HI/c1-7-8-12-19(6)13(16-5)17-10-9-11-18-14(20)21-15(2,3)4;/h7-12H2,1-6H3,(H,16,17)(H,18,20);1H. The molecule has 132 valence electrons. The molecule has 0 radical (unpaired) electrons. The fraction of sp³-hybridized carbons (Fsp3) is 0.867. The second-order valence-corrected chi connectivity index (χ2v) is 6.03. The molecule has 0 rings (SSSR count). The SMILES string of the molecule is CCCCN(C)C(=NC)NCCCNC(=O)OC(C)(C)C.I. The number of amides is 1. The van der Waals surface area contributed by atoms with Crippen molar-refractivity contribution in [1.29, 1.82) is 0 Å². The van der Waals surface area contributed by atoms with Crippen molar-refractivity contribution < 1.29 is 9.53 Å². The number of aliphatic imine (C=N–C) groups is 1. The molecule has 0 heterocycles. The van der Waals surface area contributed by atoms with E-state index in [1.807, 2.05) is 27.8 Å². The zero-order valence-corrected chi connectivity index (χ0v) is 17.2. The highest BCUT2D eigenvalue weighted by atomic mass is 127. The number of hydrogen-bond acceptors (Lipinski definition) is 3. The summed E-state index contributed by atoms with van der Waals surface area (Å²) in [4.78, 5) is 17.8. The first-order chi connectivity index (χ1) is 9.80. The van der Waals surface area contributed by atoms with Gasteiger partial charge < -0.3 is 20.3 Å². The van der Waals surface area contributed by atoms with Gasteiger partial charge in [0.15, 0.2) is 5.96 Å². The molecule has 0 aliphatic heterocycles. The zero-order valence-electron chi connectivity index (χ0n) is 14.9. The van der Waals surface area contributed by atoms with Gasteiger partial charge in [-0.05, 0) is 33.6 Å². The van der Waals surface area contributed by atoms with Crippen molar-refractivity contribution in [2.75, 3.05) is 33.7 Å². The third-order valence-corrected chi connectivity index (χ3v) is 2.73. The van der Waals surface area contributed by atoms with Crippen LogP contribution in [-0.4, -0.2) is 56.3 Å². The number of nitrogens with one attached hydrogen (secondary N) is 2. The van der Waals surface area contributed by atoms with E-state index < -0.39 is 5.60 Å². The highest BCUT2D eigenvalue weighted by Gasteiger charge is 2.15. The monoisotopic (exact) mass is 428 g/mol. The van der Waals surface area contributed by atoms with Gasteiger partial charge in [0.1, 0.15) is 5.60 Å². The normalized spacial score (nSPS) is 11.5. The fourth-order valence-corrected chi connectivity index (χ4v) is 1.68. The van der Waals surface area contributed by atoms with E-state index in [2.05, 4.69) is 27.4 Å². The predicted octanol–water partition coefficient (Wildman–Crippen LogP) is 2.83. The Morgan fingerprint density at radius 2 is 1.77 bits per heavy atom. The van der Waals surface area contributed by atoms with Crippen LogP contribution in [0.25, 0.3) is 0 Å². The third-order valence-electron chi connectivity index (χ3n) is 2.73. The van der Waals surface area contributed by atoms with E-state index in [1.165, 1.54) is 6.42 Å². The summed E-state index contributed by atoms with van der Waals surface area (Å²) in [5, 5.41) is 6.02. The van der Waals surface area contributed by atoms with E-state index in [-0.39, 0.29) is 30.1 Å². The Morgan fingerprint density at radius 1 is 1.18 bits per heavy atom. The summed E-state index contributed by atoms with van der Waals surface area (Å²) < 4.78 is 5.17. The van der Waals surface area contributed by atoms with Gasteiger partial charge in [-0.25, -0.2) is 4.79 Å². The first-order valence-corrected chi connectivity index (χ1v) is 7.68. The molecule has 0 unspecified atom stereocenters. The van der Waals surface area contributed by atoms with E-state index in [4.69, 9.17) is 4.74 Å². The van der Waals surface area contributed by atoms with Gasteiger partial charge in [-0.1, -0.05) is 13.3 Å². The highest BCUT2D eigenvalue weighted by molar-refractivity contribution is 14.0. The number of ether oxygens (including phenoxy) is 1. The Labute approximate surface area is 152 Å². The smallest absolute Gasteiger partial charge is 0.407 e. The second-order valence-electron chi connectivity index (χ2n) is 6.03. The van der Waals surface area contributed by atoms with E-state index in [1.54, 1.807) is 7.05 Å². The van der Waals surface area contributed by atoms with Crippen LogP contribution in [0.2, 0.25) is 0 Å². The molecule has 0 aromatic carbocycles. The minimum atomic E-state index is -0.452. The van der Waals surface area contributed by atoms with E-state index in [0.29, 0.717) is 6.54 Å². The number of carbonyl (C=O) groups excluding carboxylic acids is 1. The lowest BCUT2D eigenvalue weighted by atomic mass is 10.2. The number of unbranched alkanes of at least 4 members (excludes halogenated alkanes) is 1. The van der Waals surface area contributed by atoms with Crippen molar-refractivity contribution in [2.24, 2.45) is 4.99 Å². The summed E-state index contributed by atoms with van der Waals surface area (Å²) in [7, 11) is 3.81. The zero-order chi connectivity index (χ0) is 16.3. The topological polar surface area (TPSA) is 66.0 Å². The molecule has 0 aliphatic carbocycles. The maximum Gasteiger partial charge on any atom is 0.407 e. The van der Waals surface area contributed by atoms with Gasteiger partial charge in [0.05, 0.1) is 0 Å². The van der Waals surface area contributed by atoms with Crippen LogP contribution < -0.4 is 10.6 Å². The molecule has 1 amide bonds. The first kappa shape index (κ1) is 23.5. The lowest BCUT2D eigenvalue weighted by molar-refractivity contribution is 0.0527. The minimum Gasteiger partial charge on any atom is -0.444 e. The summed E-state index contributed by atoms with van der Waals surface area (Å²) in [6, 6.07) is 0. The number of carbonyl (C=O) groups is 1. The van der Waals surface area contributed by atoms with Crippen LogP contribution in [0, 0.1) is 0 Å². The summed E-state index contributed by atoms with van der Waals surface area (Å²) in [5.74, 6) is 0.890. The molecule has 2 N–H and O–H groups in total. The van der Waals surface area contributed by atoms with Gasteiger partial charge in [0.25, 0.3) is 0 Å². The van der Waals surface area contributed by atoms with Crippen molar-refractivity contribution in [3.8, 4) is 0 Å². The maximum absolute atomic E-state index is 11.5. The number of alkyl carbamates (subject to hydrolysis) is 1. The molecule has 7 heteroatoms. The average molecular weight is 428 g/mol. The number of halogens is 1. The Bertz CT molecular complexity index is 330. The Morgan fingerprint density at radius 3 is 2.27 bits per heavy atom. The molecule has 0 bridgehead atoms. The minimum absolute atomic E-state index is 0. The quantitative estimate of drug-likeness (QED) is 0.283. The molecule has 6 nitrogen and oxygen atoms in total. The molecule has 22 heavy (non-hydrogen) atoms. The summed E-state index contributed by atoms with van der Waals surface area (Å²) in [6.07, 6.45) is 2.77.